The lowest BCUT2D eigenvalue weighted by molar-refractivity contribution is 0.590. The molecule has 3 aromatic rings. The maximum Gasteiger partial charge on any atom is 0.0473 e. The summed E-state index contributed by atoms with van der Waals surface area (Å²) in [6.07, 6.45) is 0. The van der Waals surface area contributed by atoms with E-state index in [2.05, 4.69) is 131 Å². The molecule has 3 rings (SSSR count). The summed E-state index contributed by atoms with van der Waals surface area (Å²) < 4.78 is 2.09. The van der Waals surface area contributed by atoms with Crippen molar-refractivity contribution in [3.8, 4) is 0 Å². The van der Waals surface area contributed by atoms with E-state index in [1.807, 2.05) is 0 Å². The van der Waals surface area contributed by atoms with Gasteiger partial charge in [0, 0.05) is 26.0 Å². The van der Waals surface area contributed by atoms with Crippen molar-refractivity contribution in [2.24, 2.45) is 0 Å². The largest absolute Gasteiger partial charge is 0.310 e. The molecule has 0 bridgehead atoms. The highest BCUT2D eigenvalue weighted by Gasteiger charge is 2.16. The monoisotopic (exact) mass is 471 g/mol. The molecule has 0 N–H and O–H groups in total. The molecule has 0 radical (unpaired) electrons. The maximum absolute atomic E-state index is 3.64. The average molecular weight is 473 g/mol. The number of nitrogens with zero attached hydrogens (tertiary/aromatic N) is 1. The van der Waals surface area contributed by atoms with Gasteiger partial charge in [0.25, 0.3) is 0 Å². The molecular weight excluding hydrogens is 450 g/mol. The van der Waals surface area contributed by atoms with Gasteiger partial charge in [0.15, 0.2) is 0 Å². The third kappa shape index (κ3) is 4.21. The van der Waals surface area contributed by atoms with Gasteiger partial charge in [-0.1, -0.05) is 50.6 Å². The van der Waals surface area contributed by atoms with Crippen molar-refractivity contribution >= 4 is 48.9 Å². The average Bonchev–Trinajstić information content (AvgIpc) is 2.60. The highest BCUT2D eigenvalue weighted by molar-refractivity contribution is 9.13. The van der Waals surface area contributed by atoms with E-state index in [4.69, 9.17) is 0 Å². The van der Waals surface area contributed by atoms with Crippen molar-refractivity contribution in [3.63, 3.8) is 0 Å². The first kappa shape index (κ1) is 19.2. The molecule has 0 amide bonds. The van der Waals surface area contributed by atoms with Crippen LogP contribution in [0.1, 0.15) is 31.9 Å². The van der Waals surface area contributed by atoms with Gasteiger partial charge in [-0.05, 0) is 92.2 Å². The molecule has 0 saturated heterocycles. The molecule has 0 aliphatic heterocycles. The Balaban J connectivity index is 2.11. The van der Waals surface area contributed by atoms with E-state index in [1.165, 1.54) is 11.1 Å². The Morgan fingerprint density at radius 1 is 0.654 bits per heavy atom. The molecule has 0 aliphatic carbocycles. The van der Waals surface area contributed by atoms with Gasteiger partial charge >= 0.3 is 0 Å². The van der Waals surface area contributed by atoms with Gasteiger partial charge in [0.2, 0.25) is 0 Å². The Bertz CT molecular complexity index is 891. The molecule has 134 valence electrons. The molecule has 26 heavy (non-hydrogen) atoms. The van der Waals surface area contributed by atoms with Crippen LogP contribution in [0.2, 0.25) is 0 Å². The van der Waals surface area contributed by atoms with Crippen molar-refractivity contribution in [2.45, 2.75) is 33.1 Å². The second-order valence-corrected chi connectivity index (χ2v) is 9.27. The summed E-state index contributed by atoms with van der Waals surface area (Å²) >= 11 is 7.20. The van der Waals surface area contributed by atoms with E-state index in [0.29, 0.717) is 0 Å². The second kappa shape index (κ2) is 7.58. The Morgan fingerprint density at radius 2 is 1.15 bits per heavy atom. The number of anilines is 3. The van der Waals surface area contributed by atoms with Crippen LogP contribution in [-0.2, 0) is 5.41 Å². The van der Waals surface area contributed by atoms with Crippen LogP contribution < -0.4 is 4.90 Å². The number of hydrogen-bond acceptors (Lipinski definition) is 1. The van der Waals surface area contributed by atoms with E-state index >= 15 is 0 Å². The fourth-order valence-corrected chi connectivity index (χ4v) is 3.49. The van der Waals surface area contributed by atoms with Crippen LogP contribution in [0.5, 0.6) is 0 Å². The summed E-state index contributed by atoms with van der Waals surface area (Å²) in [5, 5.41) is 0. The van der Waals surface area contributed by atoms with Crippen molar-refractivity contribution in [3.05, 3.63) is 86.8 Å². The van der Waals surface area contributed by atoms with Crippen LogP contribution in [0.3, 0.4) is 0 Å². The molecule has 0 saturated carbocycles. The predicted octanol–water partition coefficient (Wildman–Crippen LogP) is 8.29. The van der Waals surface area contributed by atoms with E-state index in [1.54, 1.807) is 0 Å². The van der Waals surface area contributed by atoms with Crippen LogP contribution in [0, 0.1) is 6.92 Å². The third-order valence-corrected chi connectivity index (χ3v) is 6.32. The van der Waals surface area contributed by atoms with Crippen LogP contribution >= 0.6 is 31.9 Å². The van der Waals surface area contributed by atoms with Crippen molar-refractivity contribution in [2.75, 3.05) is 4.90 Å². The SMILES string of the molecule is Cc1ccc(N(c2ccc(C(C)(C)C)cc2)c2ccc(Br)c(Br)c2)cc1. The van der Waals surface area contributed by atoms with Gasteiger partial charge in [0.1, 0.15) is 0 Å². The molecule has 3 heteroatoms. The van der Waals surface area contributed by atoms with Crippen LogP contribution in [0.25, 0.3) is 0 Å². The molecule has 0 heterocycles. The van der Waals surface area contributed by atoms with Gasteiger partial charge < -0.3 is 4.90 Å². The minimum Gasteiger partial charge on any atom is -0.310 e. The summed E-state index contributed by atoms with van der Waals surface area (Å²) in [7, 11) is 0. The van der Waals surface area contributed by atoms with Gasteiger partial charge in [-0.2, -0.15) is 0 Å². The van der Waals surface area contributed by atoms with Gasteiger partial charge in [0.05, 0.1) is 0 Å². The first-order chi connectivity index (χ1) is 12.3. The van der Waals surface area contributed by atoms with E-state index in [-0.39, 0.29) is 5.41 Å². The van der Waals surface area contributed by atoms with E-state index < -0.39 is 0 Å². The number of rotatable bonds is 3. The topological polar surface area (TPSA) is 3.24 Å². The maximum atomic E-state index is 3.64. The summed E-state index contributed by atoms with van der Waals surface area (Å²) in [6.45, 7) is 8.84. The lowest BCUT2D eigenvalue weighted by atomic mass is 9.87. The van der Waals surface area contributed by atoms with Gasteiger partial charge in [-0.3, -0.25) is 0 Å². The first-order valence-corrected chi connectivity index (χ1v) is 10.3. The fourth-order valence-electron chi connectivity index (χ4n) is 2.88. The predicted molar refractivity (Wildman–Crippen MR) is 120 cm³/mol. The number of hydrogen-bond donors (Lipinski definition) is 0. The zero-order chi connectivity index (χ0) is 18.9. The molecule has 3 aromatic carbocycles. The highest BCUT2D eigenvalue weighted by Crippen LogP contribution is 2.38. The molecule has 0 aliphatic rings. The highest BCUT2D eigenvalue weighted by atomic mass is 79.9. The summed E-state index contributed by atoms with van der Waals surface area (Å²) in [5.74, 6) is 0. The molecule has 1 nitrogen and oxygen atoms in total. The minimum absolute atomic E-state index is 0.147. The van der Waals surface area contributed by atoms with Crippen LogP contribution in [0.15, 0.2) is 75.7 Å². The number of halogens is 2. The van der Waals surface area contributed by atoms with Crippen molar-refractivity contribution < 1.29 is 0 Å². The van der Waals surface area contributed by atoms with Crippen LogP contribution in [0.4, 0.5) is 17.1 Å². The molecule has 0 aromatic heterocycles. The summed E-state index contributed by atoms with van der Waals surface area (Å²) in [6, 6.07) is 23.9. The molecular formula is C23H23Br2N. The fraction of sp³-hybridized carbons (Fsp3) is 0.217. The third-order valence-electron chi connectivity index (χ3n) is 4.45. The summed E-state index contributed by atoms with van der Waals surface area (Å²) in [5.41, 5.74) is 6.15. The Hall–Kier alpha value is -1.58. The quantitative estimate of drug-likeness (QED) is 0.370. The molecule has 0 spiro atoms. The zero-order valence-electron chi connectivity index (χ0n) is 15.6. The van der Waals surface area contributed by atoms with Gasteiger partial charge in [-0.15, -0.1) is 0 Å². The number of benzene rings is 3. The number of aryl methyl sites for hydroxylation is 1. The van der Waals surface area contributed by atoms with E-state index in [0.717, 1.165) is 26.0 Å². The van der Waals surface area contributed by atoms with Gasteiger partial charge in [-0.25, -0.2) is 0 Å². The Labute approximate surface area is 173 Å². The molecule has 0 atom stereocenters. The smallest absolute Gasteiger partial charge is 0.0473 e. The second-order valence-electron chi connectivity index (χ2n) is 7.57. The molecule has 0 fully saturated rings. The standard InChI is InChI=1S/C23H23Br2N/c1-16-5-9-18(10-6-16)26(20-13-14-21(24)22(25)15-20)19-11-7-17(8-12-19)23(2,3)4/h5-15H,1-4H3. The normalized spacial score (nSPS) is 11.5. The van der Waals surface area contributed by atoms with E-state index in [9.17, 15) is 0 Å². The van der Waals surface area contributed by atoms with Crippen molar-refractivity contribution in [1.82, 2.24) is 0 Å². The molecule has 0 unspecified atom stereocenters. The van der Waals surface area contributed by atoms with Crippen molar-refractivity contribution in [1.29, 1.82) is 0 Å². The zero-order valence-corrected chi connectivity index (χ0v) is 18.7. The lowest BCUT2D eigenvalue weighted by Gasteiger charge is -2.27. The minimum atomic E-state index is 0.147. The summed E-state index contributed by atoms with van der Waals surface area (Å²) in [4.78, 5) is 2.28. The Morgan fingerprint density at radius 3 is 1.65 bits per heavy atom. The van der Waals surface area contributed by atoms with Crippen LogP contribution in [-0.4, -0.2) is 0 Å². The Kier molecular flexibility index (Phi) is 5.59. The lowest BCUT2D eigenvalue weighted by Crippen LogP contribution is -2.13. The first-order valence-electron chi connectivity index (χ1n) is 8.68.